The van der Waals surface area contributed by atoms with Crippen molar-refractivity contribution in [3.63, 3.8) is 0 Å². The molecule has 158 valence electrons. The van der Waals surface area contributed by atoms with Gasteiger partial charge in [0.25, 0.3) is 11.6 Å². The minimum Gasteiger partial charge on any atom is -0.369 e. The largest absolute Gasteiger partial charge is 0.369 e. The quantitative estimate of drug-likeness (QED) is 0.573. The first kappa shape index (κ1) is 20.3. The maximum Gasteiger partial charge on any atom is 0.269 e. The number of anilines is 1. The second kappa shape index (κ2) is 8.83. The van der Waals surface area contributed by atoms with Gasteiger partial charge in [0.2, 0.25) is 0 Å². The number of carbonyl (C=O) groups excluding carboxylic acids is 1. The summed E-state index contributed by atoms with van der Waals surface area (Å²) in [5.74, 6) is -0.0341. The van der Waals surface area contributed by atoms with Gasteiger partial charge in [0, 0.05) is 68.7 Å². The topological polar surface area (TPSA) is 69.9 Å². The Morgan fingerprint density at radius 3 is 2.37 bits per heavy atom. The Balaban J connectivity index is 1.36. The summed E-state index contributed by atoms with van der Waals surface area (Å²) < 4.78 is 0. The molecule has 0 aliphatic carbocycles. The van der Waals surface area contributed by atoms with Crippen LogP contribution in [0.3, 0.4) is 0 Å². The van der Waals surface area contributed by atoms with E-state index in [1.807, 2.05) is 4.90 Å². The molecular weight excluding hydrogens is 380 g/mol. The highest BCUT2D eigenvalue weighted by Gasteiger charge is 2.30. The molecule has 7 heteroatoms. The van der Waals surface area contributed by atoms with Crippen LogP contribution in [0.15, 0.2) is 48.5 Å². The van der Waals surface area contributed by atoms with Crippen LogP contribution in [0.25, 0.3) is 0 Å². The predicted octanol–water partition coefficient (Wildman–Crippen LogP) is 3.33. The third-order valence-electron chi connectivity index (χ3n) is 6.30. The van der Waals surface area contributed by atoms with E-state index in [1.165, 1.54) is 23.4 Å². The summed E-state index contributed by atoms with van der Waals surface area (Å²) >= 11 is 0. The molecule has 0 bridgehead atoms. The average Bonchev–Trinajstić information content (AvgIpc) is 2.79. The molecule has 2 saturated heterocycles. The molecule has 4 rings (SSSR count). The minimum absolute atomic E-state index is 0.00888. The number of likely N-dealkylation sites (tertiary alicyclic amines) is 1. The summed E-state index contributed by atoms with van der Waals surface area (Å²) in [5, 5.41) is 10.8. The van der Waals surface area contributed by atoms with Crippen LogP contribution in [0, 0.1) is 17.0 Å². The number of hydrogen-bond acceptors (Lipinski definition) is 5. The van der Waals surface area contributed by atoms with Crippen LogP contribution in [-0.4, -0.2) is 65.9 Å². The van der Waals surface area contributed by atoms with Gasteiger partial charge in [0.05, 0.1) is 4.92 Å². The van der Waals surface area contributed by atoms with Crippen LogP contribution in [0.2, 0.25) is 0 Å². The van der Waals surface area contributed by atoms with Gasteiger partial charge in [-0.15, -0.1) is 0 Å². The summed E-state index contributed by atoms with van der Waals surface area (Å²) in [5.41, 5.74) is 3.15. The normalized spacial score (nSPS) is 20.2. The molecule has 0 spiro atoms. The Bertz CT molecular complexity index is 907. The lowest BCUT2D eigenvalue weighted by Crippen LogP contribution is -2.56. The van der Waals surface area contributed by atoms with Gasteiger partial charge in [-0.3, -0.25) is 19.8 Å². The zero-order chi connectivity index (χ0) is 21.1. The first-order valence-corrected chi connectivity index (χ1v) is 10.6. The second-order valence-corrected chi connectivity index (χ2v) is 8.16. The average molecular weight is 409 g/mol. The van der Waals surface area contributed by atoms with E-state index >= 15 is 0 Å². The van der Waals surface area contributed by atoms with Crippen LogP contribution in [-0.2, 0) is 0 Å². The fraction of sp³-hybridized carbons (Fsp3) is 0.435. The molecule has 2 fully saturated rings. The van der Waals surface area contributed by atoms with Gasteiger partial charge in [0.1, 0.15) is 0 Å². The van der Waals surface area contributed by atoms with Gasteiger partial charge >= 0.3 is 0 Å². The number of amides is 1. The van der Waals surface area contributed by atoms with Crippen molar-refractivity contribution in [1.29, 1.82) is 0 Å². The number of nitro groups is 1. The molecule has 0 aromatic heterocycles. The molecular formula is C23H28N4O3. The first-order valence-electron chi connectivity index (χ1n) is 10.6. The standard InChI is InChI=1S/C23H28N4O3/c1-18-5-2-3-7-22(18)25-15-13-24(14-16-25)21-6-4-12-26(17-21)23(28)19-8-10-20(11-9-19)27(29)30/h2-3,5,7-11,21H,4,6,12-17H2,1H3/t21-/m0/s1. The van der Waals surface area contributed by atoms with E-state index in [2.05, 4.69) is 41.0 Å². The van der Waals surface area contributed by atoms with Gasteiger partial charge in [0.15, 0.2) is 0 Å². The number of hydrogen-bond donors (Lipinski definition) is 0. The molecule has 30 heavy (non-hydrogen) atoms. The number of para-hydroxylation sites is 1. The number of piperazine rings is 1. The minimum atomic E-state index is -0.443. The third kappa shape index (κ3) is 4.31. The monoisotopic (exact) mass is 408 g/mol. The molecule has 1 amide bonds. The number of aryl methyl sites for hydroxylation is 1. The van der Waals surface area contributed by atoms with Crippen molar-refractivity contribution >= 4 is 17.3 Å². The molecule has 0 saturated carbocycles. The summed E-state index contributed by atoms with van der Waals surface area (Å²) in [6.45, 7) is 7.62. The molecule has 2 aromatic carbocycles. The van der Waals surface area contributed by atoms with Gasteiger partial charge < -0.3 is 9.80 Å². The number of non-ortho nitro benzene ring substituents is 1. The van der Waals surface area contributed by atoms with Crippen LogP contribution in [0.4, 0.5) is 11.4 Å². The van der Waals surface area contributed by atoms with Gasteiger partial charge in [-0.2, -0.15) is 0 Å². The highest BCUT2D eigenvalue weighted by molar-refractivity contribution is 5.94. The van der Waals surface area contributed by atoms with Crippen molar-refractivity contribution in [2.24, 2.45) is 0 Å². The number of nitrogens with zero attached hydrogens (tertiary/aromatic N) is 4. The molecule has 0 N–H and O–H groups in total. The van der Waals surface area contributed by atoms with Crippen molar-refractivity contribution < 1.29 is 9.72 Å². The fourth-order valence-corrected chi connectivity index (χ4v) is 4.59. The smallest absolute Gasteiger partial charge is 0.269 e. The van der Waals surface area contributed by atoms with E-state index in [-0.39, 0.29) is 11.6 Å². The summed E-state index contributed by atoms with van der Waals surface area (Å²) in [6, 6.07) is 14.8. The van der Waals surface area contributed by atoms with Crippen LogP contribution >= 0.6 is 0 Å². The van der Waals surface area contributed by atoms with E-state index in [0.717, 1.165) is 52.1 Å². The van der Waals surface area contributed by atoms with Crippen LogP contribution in [0.5, 0.6) is 0 Å². The highest BCUT2D eigenvalue weighted by Crippen LogP contribution is 2.24. The summed E-state index contributed by atoms with van der Waals surface area (Å²) in [7, 11) is 0. The number of piperidine rings is 1. The van der Waals surface area contributed by atoms with Gasteiger partial charge in [-0.05, 0) is 43.5 Å². The summed E-state index contributed by atoms with van der Waals surface area (Å²) in [6.07, 6.45) is 2.09. The lowest BCUT2D eigenvalue weighted by molar-refractivity contribution is -0.384. The molecule has 2 heterocycles. The Labute approximate surface area is 177 Å². The predicted molar refractivity (Wildman–Crippen MR) is 117 cm³/mol. The van der Waals surface area contributed by atoms with E-state index < -0.39 is 4.92 Å². The van der Waals surface area contributed by atoms with Crippen molar-refractivity contribution in [3.8, 4) is 0 Å². The molecule has 1 atom stereocenters. The van der Waals surface area contributed by atoms with Crippen molar-refractivity contribution in [1.82, 2.24) is 9.80 Å². The van der Waals surface area contributed by atoms with Crippen LogP contribution in [0.1, 0.15) is 28.8 Å². The van der Waals surface area contributed by atoms with E-state index in [4.69, 9.17) is 0 Å². The van der Waals surface area contributed by atoms with E-state index in [9.17, 15) is 14.9 Å². The lowest BCUT2D eigenvalue weighted by atomic mass is 10.0. The summed E-state index contributed by atoms with van der Waals surface area (Å²) in [4.78, 5) is 30.2. The molecule has 2 aliphatic rings. The number of rotatable bonds is 4. The molecule has 2 aliphatic heterocycles. The number of benzene rings is 2. The lowest BCUT2D eigenvalue weighted by Gasteiger charge is -2.44. The van der Waals surface area contributed by atoms with E-state index in [0.29, 0.717) is 11.6 Å². The maximum atomic E-state index is 12.9. The van der Waals surface area contributed by atoms with Crippen LogP contribution < -0.4 is 4.90 Å². The van der Waals surface area contributed by atoms with Crippen molar-refractivity contribution in [2.75, 3.05) is 44.2 Å². The molecule has 7 nitrogen and oxygen atoms in total. The zero-order valence-corrected chi connectivity index (χ0v) is 17.4. The third-order valence-corrected chi connectivity index (χ3v) is 6.30. The van der Waals surface area contributed by atoms with E-state index in [1.54, 1.807) is 12.1 Å². The fourth-order valence-electron chi connectivity index (χ4n) is 4.59. The maximum absolute atomic E-state index is 12.9. The number of carbonyl (C=O) groups is 1. The Morgan fingerprint density at radius 1 is 1.00 bits per heavy atom. The van der Waals surface area contributed by atoms with Gasteiger partial charge in [-0.1, -0.05) is 18.2 Å². The zero-order valence-electron chi connectivity index (χ0n) is 17.4. The Kier molecular flexibility index (Phi) is 5.99. The van der Waals surface area contributed by atoms with Gasteiger partial charge in [-0.25, -0.2) is 0 Å². The first-order chi connectivity index (χ1) is 14.5. The molecule has 0 unspecified atom stereocenters. The molecule has 2 aromatic rings. The number of nitro benzene ring substituents is 1. The SMILES string of the molecule is Cc1ccccc1N1CCN([C@H]2CCCN(C(=O)c3ccc([N+](=O)[O-])cc3)C2)CC1. The van der Waals surface area contributed by atoms with Crippen molar-refractivity contribution in [2.45, 2.75) is 25.8 Å². The Morgan fingerprint density at radius 2 is 1.70 bits per heavy atom. The molecule has 0 radical (unpaired) electrons. The highest BCUT2D eigenvalue weighted by atomic mass is 16.6. The Hall–Kier alpha value is -2.93. The second-order valence-electron chi connectivity index (χ2n) is 8.16. The van der Waals surface area contributed by atoms with Crippen molar-refractivity contribution in [3.05, 3.63) is 69.8 Å².